The first kappa shape index (κ1) is 12.7. The molecule has 0 aromatic heterocycles. The van der Waals surface area contributed by atoms with Crippen LogP contribution in [0.5, 0.6) is 0 Å². The Morgan fingerprint density at radius 3 is 2.56 bits per heavy atom. The van der Waals surface area contributed by atoms with E-state index >= 15 is 0 Å². The molecule has 0 radical (unpaired) electrons. The Labute approximate surface area is 96.6 Å². The van der Waals surface area contributed by atoms with Gasteiger partial charge in [-0.1, -0.05) is 29.8 Å². The lowest BCUT2D eigenvalue weighted by atomic mass is 10.0. The van der Waals surface area contributed by atoms with E-state index in [2.05, 4.69) is 0 Å². The second-order valence-electron chi connectivity index (χ2n) is 3.86. The van der Waals surface area contributed by atoms with Crippen LogP contribution in [0.2, 0.25) is 0 Å². The van der Waals surface area contributed by atoms with Crippen LogP contribution >= 0.6 is 0 Å². The van der Waals surface area contributed by atoms with Crippen molar-refractivity contribution in [2.24, 2.45) is 5.73 Å². The van der Waals surface area contributed by atoms with Gasteiger partial charge in [0.15, 0.2) is 0 Å². The van der Waals surface area contributed by atoms with E-state index in [1.54, 1.807) is 6.92 Å². The number of benzene rings is 1. The van der Waals surface area contributed by atoms with Gasteiger partial charge < -0.3 is 10.5 Å². The van der Waals surface area contributed by atoms with Gasteiger partial charge in [0.05, 0.1) is 6.61 Å². The maximum Gasteiger partial charge on any atom is 0.305 e. The minimum Gasteiger partial charge on any atom is -0.466 e. The molecule has 0 amide bonds. The van der Waals surface area contributed by atoms with Crippen LogP contribution in [-0.4, -0.2) is 12.6 Å². The average molecular weight is 221 g/mol. The van der Waals surface area contributed by atoms with Gasteiger partial charge in [0.25, 0.3) is 0 Å². The lowest BCUT2D eigenvalue weighted by molar-refractivity contribution is -0.143. The fourth-order valence-electron chi connectivity index (χ4n) is 1.49. The predicted molar refractivity (Wildman–Crippen MR) is 64.0 cm³/mol. The highest BCUT2D eigenvalue weighted by atomic mass is 16.5. The van der Waals surface area contributed by atoms with Crippen LogP contribution < -0.4 is 5.73 Å². The normalized spacial score (nSPS) is 12.2. The number of carbonyl (C=O) groups excluding carboxylic acids is 1. The number of carbonyl (C=O) groups is 1. The van der Waals surface area contributed by atoms with Crippen molar-refractivity contribution in [1.29, 1.82) is 0 Å². The number of aryl methyl sites for hydroxylation is 1. The monoisotopic (exact) mass is 221 g/mol. The number of hydrogen-bond donors (Lipinski definition) is 1. The molecular formula is C13H19NO2. The first-order valence-corrected chi connectivity index (χ1v) is 5.61. The zero-order valence-electron chi connectivity index (χ0n) is 9.90. The summed E-state index contributed by atoms with van der Waals surface area (Å²) in [4.78, 5) is 11.2. The van der Waals surface area contributed by atoms with Crippen molar-refractivity contribution >= 4 is 5.97 Å². The molecule has 0 bridgehead atoms. The number of rotatable bonds is 5. The van der Waals surface area contributed by atoms with E-state index in [-0.39, 0.29) is 12.0 Å². The highest BCUT2D eigenvalue weighted by Gasteiger charge is 2.09. The summed E-state index contributed by atoms with van der Waals surface area (Å²) in [6.45, 7) is 4.27. The largest absolute Gasteiger partial charge is 0.466 e. The second-order valence-corrected chi connectivity index (χ2v) is 3.86. The molecule has 3 heteroatoms. The SMILES string of the molecule is CCOC(=O)CCC(N)c1ccc(C)cc1. The molecule has 1 unspecified atom stereocenters. The topological polar surface area (TPSA) is 52.3 Å². The molecule has 0 saturated heterocycles. The van der Waals surface area contributed by atoms with Crippen molar-refractivity contribution < 1.29 is 9.53 Å². The first-order chi connectivity index (χ1) is 7.63. The van der Waals surface area contributed by atoms with E-state index in [4.69, 9.17) is 10.5 Å². The fourth-order valence-corrected chi connectivity index (χ4v) is 1.49. The van der Waals surface area contributed by atoms with Crippen molar-refractivity contribution in [2.45, 2.75) is 32.7 Å². The highest BCUT2D eigenvalue weighted by Crippen LogP contribution is 2.16. The number of esters is 1. The highest BCUT2D eigenvalue weighted by molar-refractivity contribution is 5.69. The Morgan fingerprint density at radius 2 is 2.00 bits per heavy atom. The average Bonchev–Trinajstić information content (AvgIpc) is 2.27. The smallest absolute Gasteiger partial charge is 0.305 e. The third kappa shape index (κ3) is 4.03. The van der Waals surface area contributed by atoms with Crippen molar-refractivity contribution in [3.05, 3.63) is 35.4 Å². The molecule has 1 rings (SSSR count). The van der Waals surface area contributed by atoms with Crippen molar-refractivity contribution in [3.8, 4) is 0 Å². The molecule has 88 valence electrons. The summed E-state index contributed by atoms with van der Waals surface area (Å²) in [7, 11) is 0. The van der Waals surface area contributed by atoms with Gasteiger partial charge in [-0.25, -0.2) is 0 Å². The summed E-state index contributed by atoms with van der Waals surface area (Å²) in [5.74, 6) is -0.176. The van der Waals surface area contributed by atoms with E-state index < -0.39 is 0 Å². The van der Waals surface area contributed by atoms with E-state index in [0.717, 1.165) is 5.56 Å². The lowest BCUT2D eigenvalue weighted by Crippen LogP contribution is -2.13. The number of hydrogen-bond acceptors (Lipinski definition) is 3. The van der Waals surface area contributed by atoms with E-state index in [9.17, 15) is 4.79 Å². The van der Waals surface area contributed by atoms with Crippen molar-refractivity contribution in [1.82, 2.24) is 0 Å². The van der Waals surface area contributed by atoms with Gasteiger partial charge in [-0.3, -0.25) is 4.79 Å². The number of nitrogens with two attached hydrogens (primary N) is 1. The molecular weight excluding hydrogens is 202 g/mol. The second kappa shape index (κ2) is 6.28. The van der Waals surface area contributed by atoms with Crippen LogP contribution in [0.4, 0.5) is 0 Å². The minimum atomic E-state index is -0.176. The molecule has 2 N–H and O–H groups in total. The van der Waals surface area contributed by atoms with Crippen molar-refractivity contribution in [3.63, 3.8) is 0 Å². The van der Waals surface area contributed by atoms with Gasteiger partial charge in [-0.2, -0.15) is 0 Å². The zero-order chi connectivity index (χ0) is 12.0. The molecule has 0 aliphatic rings. The molecule has 0 fully saturated rings. The molecule has 1 aromatic carbocycles. The molecule has 1 atom stereocenters. The van der Waals surface area contributed by atoms with E-state index in [0.29, 0.717) is 19.4 Å². The Bertz CT molecular complexity index is 332. The maximum absolute atomic E-state index is 11.2. The quantitative estimate of drug-likeness (QED) is 0.776. The van der Waals surface area contributed by atoms with Gasteiger partial charge in [0, 0.05) is 12.5 Å². The molecule has 0 spiro atoms. The Hall–Kier alpha value is -1.35. The number of ether oxygens (including phenoxy) is 1. The van der Waals surface area contributed by atoms with Crippen LogP contribution in [0.15, 0.2) is 24.3 Å². The lowest BCUT2D eigenvalue weighted by Gasteiger charge is -2.11. The molecule has 16 heavy (non-hydrogen) atoms. The van der Waals surface area contributed by atoms with E-state index in [1.807, 2.05) is 31.2 Å². The summed E-state index contributed by atoms with van der Waals surface area (Å²) < 4.78 is 4.85. The fraction of sp³-hybridized carbons (Fsp3) is 0.462. The van der Waals surface area contributed by atoms with Crippen LogP contribution in [-0.2, 0) is 9.53 Å². The Kier molecular flexibility index (Phi) is 4.99. The molecule has 0 heterocycles. The summed E-state index contributed by atoms with van der Waals surface area (Å²) in [6, 6.07) is 7.97. The van der Waals surface area contributed by atoms with Gasteiger partial charge in [0.1, 0.15) is 0 Å². The molecule has 0 aliphatic heterocycles. The van der Waals surface area contributed by atoms with Crippen molar-refractivity contribution in [2.75, 3.05) is 6.61 Å². The molecule has 1 aromatic rings. The molecule has 3 nitrogen and oxygen atoms in total. The van der Waals surface area contributed by atoms with Crippen LogP contribution in [0.3, 0.4) is 0 Å². The third-order valence-corrected chi connectivity index (χ3v) is 2.47. The zero-order valence-corrected chi connectivity index (χ0v) is 9.90. The van der Waals surface area contributed by atoms with Gasteiger partial charge in [-0.15, -0.1) is 0 Å². The standard InChI is InChI=1S/C13H19NO2/c1-3-16-13(15)9-8-12(14)11-6-4-10(2)5-7-11/h4-7,12H,3,8-9,14H2,1-2H3. The van der Waals surface area contributed by atoms with Crippen LogP contribution in [0.25, 0.3) is 0 Å². The minimum absolute atomic E-state index is 0.0926. The predicted octanol–water partition coefficient (Wildman–Crippen LogP) is 2.34. The Balaban J connectivity index is 2.43. The van der Waals surface area contributed by atoms with Gasteiger partial charge >= 0.3 is 5.97 Å². The van der Waals surface area contributed by atoms with Gasteiger partial charge in [-0.05, 0) is 25.8 Å². The summed E-state index contributed by atoms with van der Waals surface area (Å²) in [5.41, 5.74) is 8.26. The molecule has 0 aliphatic carbocycles. The maximum atomic E-state index is 11.2. The Morgan fingerprint density at radius 1 is 1.38 bits per heavy atom. The summed E-state index contributed by atoms with van der Waals surface area (Å²) >= 11 is 0. The summed E-state index contributed by atoms with van der Waals surface area (Å²) in [6.07, 6.45) is 1.00. The van der Waals surface area contributed by atoms with Crippen LogP contribution in [0, 0.1) is 6.92 Å². The van der Waals surface area contributed by atoms with E-state index in [1.165, 1.54) is 5.56 Å². The summed E-state index contributed by atoms with van der Waals surface area (Å²) in [5, 5.41) is 0. The first-order valence-electron chi connectivity index (χ1n) is 5.61. The molecule has 0 saturated carbocycles. The van der Waals surface area contributed by atoms with Crippen LogP contribution in [0.1, 0.15) is 36.9 Å². The van der Waals surface area contributed by atoms with Gasteiger partial charge in [0.2, 0.25) is 0 Å². The third-order valence-electron chi connectivity index (χ3n) is 2.47.